The van der Waals surface area contributed by atoms with Crippen LogP contribution in [0.3, 0.4) is 0 Å². The maximum Gasteiger partial charge on any atom is 0.316 e. The van der Waals surface area contributed by atoms with Crippen molar-refractivity contribution in [1.82, 2.24) is 10.2 Å². The number of nitrogens with zero attached hydrogens (tertiary/aromatic N) is 1. The number of nitrogens with two attached hydrogens (primary N) is 2. The minimum Gasteiger partial charge on any atom is -0.354 e. The van der Waals surface area contributed by atoms with Crippen molar-refractivity contribution >= 4 is 35.9 Å². The maximum atomic E-state index is 12.9. The molecule has 1 atom stereocenters. The van der Waals surface area contributed by atoms with Gasteiger partial charge in [0.15, 0.2) is 0 Å². The fourth-order valence-corrected chi connectivity index (χ4v) is 2.97. The van der Waals surface area contributed by atoms with Gasteiger partial charge in [-0.25, -0.2) is 4.79 Å². The Morgan fingerprint density at radius 2 is 2.00 bits per heavy atom. The first kappa shape index (κ1) is 21.7. The third-order valence-corrected chi connectivity index (χ3v) is 4.17. The van der Waals surface area contributed by atoms with Crippen LogP contribution in [0.2, 0.25) is 0 Å². The quantitative estimate of drug-likeness (QED) is 0.584. The van der Waals surface area contributed by atoms with E-state index in [0.717, 1.165) is 19.3 Å². The first-order valence-corrected chi connectivity index (χ1v) is 8.45. The number of hydrogen-bond acceptors (Lipinski definition) is 4. The summed E-state index contributed by atoms with van der Waals surface area (Å²) in [6.45, 7) is 1.37. The smallest absolute Gasteiger partial charge is 0.316 e. The largest absolute Gasteiger partial charge is 0.354 e. The van der Waals surface area contributed by atoms with E-state index in [1.54, 1.807) is 29.2 Å². The van der Waals surface area contributed by atoms with Crippen molar-refractivity contribution < 1.29 is 14.4 Å². The lowest BCUT2D eigenvalue weighted by Gasteiger charge is -2.36. The minimum atomic E-state index is -0.678. The van der Waals surface area contributed by atoms with Gasteiger partial charge in [0.25, 0.3) is 5.91 Å². The molecule has 26 heavy (non-hydrogen) atoms. The summed E-state index contributed by atoms with van der Waals surface area (Å²) in [5, 5.41) is 5.31. The fraction of sp³-hybridized carbons (Fsp3) is 0.471. The standard InChI is InChI=1S/C17H25N5O3.ClH/c18-8-7-15(23)20-11-14-6-1-2-9-22(14)16(24)12-4-3-5-13(10-12)21-17(19)25;/h3-5,10,14H,1-2,6-9,11,18H2,(H,20,23)(H3,19,21,25);1H. The van der Waals surface area contributed by atoms with Gasteiger partial charge in [-0.15, -0.1) is 12.4 Å². The number of carbonyl (C=O) groups excluding carboxylic acids is 3. The molecular weight excluding hydrogens is 358 g/mol. The molecular formula is C17H26ClN5O3. The van der Waals surface area contributed by atoms with Crippen LogP contribution in [0.25, 0.3) is 0 Å². The zero-order chi connectivity index (χ0) is 18.2. The molecule has 4 amide bonds. The van der Waals surface area contributed by atoms with Gasteiger partial charge in [-0.1, -0.05) is 6.07 Å². The van der Waals surface area contributed by atoms with E-state index in [2.05, 4.69) is 10.6 Å². The molecule has 144 valence electrons. The zero-order valence-electron chi connectivity index (χ0n) is 14.6. The molecule has 1 saturated heterocycles. The molecule has 1 aromatic carbocycles. The molecule has 1 fully saturated rings. The summed E-state index contributed by atoms with van der Waals surface area (Å²) in [5.41, 5.74) is 11.4. The number of carbonyl (C=O) groups is 3. The van der Waals surface area contributed by atoms with Crippen molar-refractivity contribution in [2.24, 2.45) is 11.5 Å². The Labute approximate surface area is 159 Å². The molecule has 8 nitrogen and oxygen atoms in total. The van der Waals surface area contributed by atoms with Crippen LogP contribution in [0.5, 0.6) is 0 Å². The molecule has 0 radical (unpaired) electrons. The Morgan fingerprint density at radius 1 is 1.23 bits per heavy atom. The number of rotatable bonds is 6. The summed E-state index contributed by atoms with van der Waals surface area (Å²) in [4.78, 5) is 37.3. The first-order valence-electron chi connectivity index (χ1n) is 8.45. The summed E-state index contributed by atoms with van der Waals surface area (Å²) in [6, 6.07) is 5.95. The van der Waals surface area contributed by atoms with Crippen LogP contribution < -0.4 is 22.1 Å². The second kappa shape index (κ2) is 10.6. The Kier molecular flexibility index (Phi) is 8.87. The predicted octanol–water partition coefficient (Wildman–Crippen LogP) is 1.06. The van der Waals surface area contributed by atoms with Gasteiger partial charge >= 0.3 is 6.03 Å². The van der Waals surface area contributed by atoms with Gasteiger partial charge in [-0.05, 0) is 37.5 Å². The second-order valence-electron chi connectivity index (χ2n) is 6.06. The lowest BCUT2D eigenvalue weighted by atomic mass is 10.0. The lowest BCUT2D eigenvalue weighted by Crippen LogP contribution is -2.49. The molecule has 0 aliphatic carbocycles. The third-order valence-electron chi connectivity index (χ3n) is 4.17. The zero-order valence-corrected chi connectivity index (χ0v) is 15.4. The topological polar surface area (TPSA) is 131 Å². The molecule has 1 aliphatic rings. The van der Waals surface area contributed by atoms with E-state index in [0.29, 0.717) is 30.9 Å². The average molecular weight is 384 g/mol. The Bertz CT molecular complexity index is 641. The van der Waals surface area contributed by atoms with Crippen molar-refractivity contribution in [3.8, 4) is 0 Å². The summed E-state index contributed by atoms with van der Waals surface area (Å²) in [7, 11) is 0. The van der Waals surface area contributed by atoms with Crippen molar-refractivity contribution in [3.05, 3.63) is 29.8 Å². The third kappa shape index (κ3) is 6.20. The number of likely N-dealkylation sites (tertiary alicyclic amines) is 1. The number of amides is 4. The van der Waals surface area contributed by atoms with E-state index in [4.69, 9.17) is 11.5 Å². The molecule has 1 unspecified atom stereocenters. The van der Waals surface area contributed by atoms with Crippen molar-refractivity contribution in [1.29, 1.82) is 0 Å². The molecule has 0 aromatic heterocycles. The number of piperidine rings is 1. The van der Waals surface area contributed by atoms with E-state index in [9.17, 15) is 14.4 Å². The molecule has 0 bridgehead atoms. The maximum absolute atomic E-state index is 12.9. The Hall–Kier alpha value is -2.32. The SMILES string of the molecule is Cl.NCCC(=O)NCC1CCCCN1C(=O)c1cccc(NC(N)=O)c1. The van der Waals surface area contributed by atoms with Crippen LogP contribution in [0.1, 0.15) is 36.0 Å². The molecule has 1 aromatic rings. The molecule has 0 spiro atoms. The summed E-state index contributed by atoms with van der Waals surface area (Å²) in [5.74, 6) is -0.223. The van der Waals surface area contributed by atoms with Gasteiger partial charge in [-0.3, -0.25) is 9.59 Å². The molecule has 1 aliphatic heterocycles. The van der Waals surface area contributed by atoms with E-state index >= 15 is 0 Å². The highest BCUT2D eigenvalue weighted by Crippen LogP contribution is 2.21. The molecule has 2 rings (SSSR count). The van der Waals surface area contributed by atoms with Crippen LogP contribution in [-0.4, -0.2) is 48.4 Å². The van der Waals surface area contributed by atoms with Gasteiger partial charge in [-0.2, -0.15) is 0 Å². The van der Waals surface area contributed by atoms with E-state index in [-0.39, 0.29) is 36.7 Å². The highest BCUT2D eigenvalue weighted by molar-refractivity contribution is 5.97. The summed E-state index contributed by atoms with van der Waals surface area (Å²) < 4.78 is 0. The number of halogens is 1. The van der Waals surface area contributed by atoms with Crippen LogP contribution in [0.4, 0.5) is 10.5 Å². The number of primary amides is 1. The number of anilines is 1. The van der Waals surface area contributed by atoms with Crippen molar-refractivity contribution in [2.75, 3.05) is 25.0 Å². The van der Waals surface area contributed by atoms with Crippen molar-refractivity contribution in [3.63, 3.8) is 0 Å². The molecule has 0 saturated carbocycles. The van der Waals surface area contributed by atoms with Crippen LogP contribution in [0.15, 0.2) is 24.3 Å². The first-order chi connectivity index (χ1) is 12.0. The normalized spacial score (nSPS) is 16.3. The van der Waals surface area contributed by atoms with Crippen LogP contribution >= 0.6 is 12.4 Å². The van der Waals surface area contributed by atoms with E-state index < -0.39 is 6.03 Å². The summed E-state index contributed by atoms with van der Waals surface area (Å²) >= 11 is 0. The van der Waals surface area contributed by atoms with Gasteiger partial charge in [0.1, 0.15) is 0 Å². The number of hydrogen-bond donors (Lipinski definition) is 4. The molecule has 9 heteroatoms. The van der Waals surface area contributed by atoms with Gasteiger partial charge in [0.05, 0.1) is 0 Å². The Balaban J connectivity index is 0.00000338. The Morgan fingerprint density at radius 3 is 2.69 bits per heavy atom. The minimum absolute atomic E-state index is 0. The van der Waals surface area contributed by atoms with Gasteiger partial charge in [0.2, 0.25) is 5.91 Å². The average Bonchev–Trinajstić information content (AvgIpc) is 2.59. The van der Waals surface area contributed by atoms with E-state index in [1.807, 2.05) is 0 Å². The molecule has 6 N–H and O–H groups in total. The molecule has 1 heterocycles. The fourth-order valence-electron chi connectivity index (χ4n) is 2.97. The monoisotopic (exact) mass is 383 g/mol. The van der Waals surface area contributed by atoms with Crippen LogP contribution in [-0.2, 0) is 4.79 Å². The summed E-state index contributed by atoms with van der Waals surface area (Å²) in [6.07, 6.45) is 3.07. The highest BCUT2D eigenvalue weighted by atomic mass is 35.5. The van der Waals surface area contributed by atoms with Gasteiger partial charge in [0, 0.05) is 43.3 Å². The second-order valence-corrected chi connectivity index (χ2v) is 6.06. The number of benzene rings is 1. The highest BCUT2D eigenvalue weighted by Gasteiger charge is 2.27. The van der Waals surface area contributed by atoms with Gasteiger partial charge < -0.3 is 27.0 Å². The van der Waals surface area contributed by atoms with E-state index in [1.165, 1.54) is 0 Å². The van der Waals surface area contributed by atoms with Crippen LogP contribution in [0, 0.1) is 0 Å². The lowest BCUT2D eigenvalue weighted by molar-refractivity contribution is -0.121. The predicted molar refractivity (Wildman–Crippen MR) is 102 cm³/mol. The number of urea groups is 1. The van der Waals surface area contributed by atoms with Crippen molar-refractivity contribution in [2.45, 2.75) is 31.7 Å². The number of nitrogens with one attached hydrogen (secondary N) is 2.